The Bertz CT molecular complexity index is 347. The van der Waals surface area contributed by atoms with Crippen molar-refractivity contribution < 1.29 is 9.53 Å². The van der Waals surface area contributed by atoms with Crippen LogP contribution in [0.2, 0.25) is 0 Å². The van der Waals surface area contributed by atoms with Gasteiger partial charge in [-0.15, -0.1) is 0 Å². The highest BCUT2D eigenvalue weighted by Crippen LogP contribution is 2.02. The minimum absolute atomic E-state index is 0.160. The molecule has 102 valence electrons. The molecule has 1 N–H and O–H groups in total. The third-order valence-corrected chi connectivity index (χ3v) is 2.64. The molecule has 4 nitrogen and oxygen atoms in total. The number of ether oxygens (including phenoxy) is 1. The molecule has 1 aromatic rings. The first-order chi connectivity index (χ1) is 8.76. The van der Waals surface area contributed by atoms with Crippen LogP contribution in [0.25, 0.3) is 0 Å². The van der Waals surface area contributed by atoms with Crippen LogP contribution in [0.5, 0.6) is 0 Å². The van der Waals surface area contributed by atoms with Crippen molar-refractivity contribution in [3.63, 3.8) is 0 Å². The summed E-state index contributed by atoms with van der Waals surface area (Å²) in [4.78, 5) is 11.5. The lowest BCUT2D eigenvalue weighted by atomic mass is 10.3. The summed E-state index contributed by atoms with van der Waals surface area (Å²) in [7, 11) is 0. The number of carbonyl (C=O) groups is 1. The lowest BCUT2D eigenvalue weighted by Gasteiger charge is -2.04. The zero-order valence-electron chi connectivity index (χ0n) is 11.4. The molecule has 0 radical (unpaired) electrons. The van der Waals surface area contributed by atoms with Crippen molar-refractivity contribution in [2.75, 3.05) is 13.2 Å². The van der Waals surface area contributed by atoms with Crippen LogP contribution in [0.3, 0.4) is 0 Å². The average Bonchev–Trinajstić information content (AvgIpc) is 2.77. The first-order valence-corrected chi connectivity index (χ1v) is 6.77. The molecule has 1 heterocycles. The van der Waals surface area contributed by atoms with Gasteiger partial charge < -0.3 is 14.6 Å². The maximum Gasteiger partial charge on any atom is 0.325 e. The quantitative estimate of drug-likeness (QED) is 0.542. The molecule has 0 aliphatic heterocycles. The van der Waals surface area contributed by atoms with Crippen LogP contribution in [0.4, 0.5) is 0 Å². The van der Waals surface area contributed by atoms with Crippen LogP contribution in [0.15, 0.2) is 18.5 Å². The Labute approximate surface area is 109 Å². The van der Waals surface area contributed by atoms with Crippen molar-refractivity contribution in [1.82, 2.24) is 9.88 Å². The molecule has 0 spiro atoms. The average molecular weight is 252 g/mol. The van der Waals surface area contributed by atoms with Crippen LogP contribution >= 0.6 is 0 Å². The molecule has 0 aliphatic carbocycles. The fraction of sp³-hybridized carbons (Fsp3) is 0.643. The van der Waals surface area contributed by atoms with Crippen molar-refractivity contribution in [3.05, 3.63) is 24.0 Å². The number of hydrogen-bond acceptors (Lipinski definition) is 3. The number of nitrogens with one attached hydrogen (secondary N) is 1. The Hall–Kier alpha value is -1.29. The van der Waals surface area contributed by atoms with Crippen LogP contribution in [0.1, 0.15) is 38.7 Å². The fourth-order valence-corrected chi connectivity index (χ4v) is 1.63. The van der Waals surface area contributed by atoms with Gasteiger partial charge in [-0.05, 0) is 31.0 Å². The largest absolute Gasteiger partial charge is 0.464 e. The molecular formula is C14H24N2O2. The SMILES string of the molecule is CCCCOC(=O)Cn1ccc(CNCCC)c1. The first-order valence-electron chi connectivity index (χ1n) is 6.77. The summed E-state index contributed by atoms with van der Waals surface area (Å²) in [5.74, 6) is -0.160. The number of carbonyl (C=O) groups excluding carboxylic acids is 1. The second-order valence-corrected chi connectivity index (χ2v) is 4.44. The third-order valence-electron chi connectivity index (χ3n) is 2.64. The van der Waals surface area contributed by atoms with Gasteiger partial charge in [-0.3, -0.25) is 4.79 Å². The molecule has 0 aliphatic rings. The van der Waals surface area contributed by atoms with Crippen molar-refractivity contribution in [2.45, 2.75) is 46.2 Å². The number of unbranched alkanes of at least 4 members (excludes halogenated alkanes) is 1. The van der Waals surface area contributed by atoms with E-state index in [-0.39, 0.29) is 5.97 Å². The molecule has 0 bridgehead atoms. The van der Waals surface area contributed by atoms with E-state index in [1.165, 1.54) is 5.56 Å². The Morgan fingerprint density at radius 1 is 1.39 bits per heavy atom. The molecule has 1 aromatic heterocycles. The normalized spacial score (nSPS) is 10.6. The molecular weight excluding hydrogens is 228 g/mol. The number of nitrogens with zero attached hydrogens (tertiary/aromatic N) is 1. The van der Waals surface area contributed by atoms with E-state index in [0.29, 0.717) is 13.2 Å². The molecule has 4 heteroatoms. The standard InChI is InChI=1S/C14H24N2O2/c1-3-5-9-18-14(17)12-16-8-6-13(11-16)10-15-7-4-2/h6,8,11,15H,3-5,7,9-10,12H2,1-2H3. The second-order valence-electron chi connectivity index (χ2n) is 4.44. The van der Waals surface area contributed by atoms with Gasteiger partial charge in [0, 0.05) is 18.9 Å². The Morgan fingerprint density at radius 3 is 2.94 bits per heavy atom. The summed E-state index contributed by atoms with van der Waals surface area (Å²) in [6.07, 6.45) is 7.02. The molecule has 0 fully saturated rings. The zero-order valence-corrected chi connectivity index (χ0v) is 11.4. The molecule has 0 saturated carbocycles. The molecule has 0 unspecified atom stereocenters. The van der Waals surface area contributed by atoms with Gasteiger partial charge in [0.15, 0.2) is 0 Å². The number of hydrogen-bond donors (Lipinski definition) is 1. The van der Waals surface area contributed by atoms with Gasteiger partial charge in [-0.1, -0.05) is 20.3 Å². The third kappa shape index (κ3) is 5.87. The van der Waals surface area contributed by atoms with Gasteiger partial charge in [0.1, 0.15) is 6.54 Å². The van der Waals surface area contributed by atoms with E-state index in [4.69, 9.17) is 4.74 Å². The van der Waals surface area contributed by atoms with Crippen molar-refractivity contribution in [3.8, 4) is 0 Å². The minimum atomic E-state index is -0.160. The predicted molar refractivity (Wildman–Crippen MR) is 72.3 cm³/mol. The Balaban J connectivity index is 2.27. The second kappa shape index (κ2) is 8.75. The zero-order chi connectivity index (χ0) is 13.2. The van der Waals surface area contributed by atoms with Gasteiger partial charge in [-0.2, -0.15) is 0 Å². The molecule has 0 aromatic carbocycles. The van der Waals surface area contributed by atoms with Gasteiger partial charge in [0.2, 0.25) is 0 Å². The van der Waals surface area contributed by atoms with Crippen molar-refractivity contribution >= 4 is 5.97 Å². The van der Waals surface area contributed by atoms with E-state index in [1.54, 1.807) is 0 Å². The number of aromatic nitrogens is 1. The summed E-state index contributed by atoms with van der Waals surface area (Å²) in [6.45, 7) is 6.93. The van der Waals surface area contributed by atoms with E-state index < -0.39 is 0 Å². The smallest absolute Gasteiger partial charge is 0.325 e. The van der Waals surface area contributed by atoms with E-state index in [2.05, 4.69) is 19.2 Å². The van der Waals surface area contributed by atoms with Crippen LogP contribution in [-0.4, -0.2) is 23.7 Å². The fourth-order valence-electron chi connectivity index (χ4n) is 1.63. The van der Waals surface area contributed by atoms with E-state index in [1.807, 2.05) is 23.0 Å². The van der Waals surface area contributed by atoms with Crippen molar-refractivity contribution in [1.29, 1.82) is 0 Å². The van der Waals surface area contributed by atoms with Gasteiger partial charge in [-0.25, -0.2) is 0 Å². The van der Waals surface area contributed by atoms with Gasteiger partial charge >= 0.3 is 5.97 Å². The number of esters is 1. The summed E-state index contributed by atoms with van der Waals surface area (Å²) in [5.41, 5.74) is 1.20. The maximum absolute atomic E-state index is 11.5. The van der Waals surface area contributed by atoms with Gasteiger partial charge in [0.05, 0.1) is 6.61 Å². The van der Waals surface area contributed by atoms with Crippen LogP contribution < -0.4 is 5.32 Å². The summed E-state index contributed by atoms with van der Waals surface area (Å²) in [6, 6.07) is 2.03. The topological polar surface area (TPSA) is 43.3 Å². The monoisotopic (exact) mass is 252 g/mol. The van der Waals surface area contributed by atoms with E-state index in [0.717, 1.165) is 32.4 Å². The summed E-state index contributed by atoms with van der Waals surface area (Å²) in [5, 5.41) is 3.33. The lowest BCUT2D eigenvalue weighted by molar-refractivity contribution is -0.144. The predicted octanol–water partition coefficient (Wildman–Crippen LogP) is 2.33. The highest BCUT2D eigenvalue weighted by atomic mass is 16.5. The van der Waals surface area contributed by atoms with Gasteiger partial charge in [0.25, 0.3) is 0 Å². The van der Waals surface area contributed by atoms with E-state index >= 15 is 0 Å². The van der Waals surface area contributed by atoms with E-state index in [9.17, 15) is 4.79 Å². The minimum Gasteiger partial charge on any atom is -0.464 e. The highest BCUT2D eigenvalue weighted by molar-refractivity contribution is 5.69. The molecule has 0 saturated heterocycles. The Kier molecular flexibility index (Phi) is 7.18. The lowest BCUT2D eigenvalue weighted by Crippen LogP contribution is -2.14. The molecule has 1 rings (SSSR count). The first kappa shape index (κ1) is 14.8. The summed E-state index contributed by atoms with van der Waals surface area (Å²) < 4.78 is 6.99. The molecule has 0 amide bonds. The maximum atomic E-state index is 11.5. The summed E-state index contributed by atoms with van der Waals surface area (Å²) >= 11 is 0. The molecule has 18 heavy (non-hydrogen) atoms. The molecule has 0 atom stereocenters. The highest BCUT2D eigenvalue weighted by Gasteiger charge is 2.04. The Morgan fingerprint density at radius 2 is 2.22 bits per heavy atom. The number of rotatable bonds is 9. The van der Waals surface area contributed by atoms with Crippen molar-refractivity contribution in [2.24, 2.45) is 0 Å². The van der Waals surface area contributed by atoms with Crippen LogP contribution in [0, 0.1) is 0 Å². The van der Waals surface area contributed by atoms with Crippen LogP contribution in [-0.2, 0) is 22.6 Å².